The lowest BCUT2D eigenvalue weighted by molar-refractivity contribution is 0.261. The van der Waals surface area contributed by atoms with Gasteiger partial charge in [-0.2, -0.15) is 0 Å². The van der Waals surface area contributed by atoms with Crippen molar-refractivity contribution in [1.82, 2.24) is 10.3 Å². The Labute approximate surface area is 119 Å². The Kier molecular flexibility index (Phi) is 3.74. The molecule has 0 saturated carbocycles. The van der Waals surface area contributed by atoms with Gasteiger partial charge in [-0.15, -0.1) is 0 Å². The molecular formula is C16H20N2O2. The van der Waals surface area contributed by atoms with E-state index in [9.17, 15) is 0 Å². The van der Waals surface area contributed by atoms with Crippen LogP contribution in [0.5, 0.6) is 5.75 Å². The topological polar surface area (TPSA) is 47.3 Å². The molecular weight excluding hydrogens is 252 g/mol. The molecule has 0 amide bonds. The fourth-order valence-corrected chi connectivity index (χ4v) is 2.61. The van der Waals surface area contributed by atoms with E-state index >= 15 is 0 Å². The van der Waals surface area contributed by atoms with E-state index < -0.39 is 0 Å². The highest BCUT2D eigenvalue weighted by Gasteiger charge is 2.22. The summed E-state index contributed by atoms with van der Waals surface area (Å²) < 4.78 is 11.2. The zero-order valence-electron chi connectivity index (χ0n) is 11.9. The average molecular weight is 272 g/mol. The van der Waals surface area contributed by atoms with Gasteiger partial charge in [0.25, 0.3) is 0 Å². The second-order valence-corrected chi connectivity index (χ2v) is 5.31. The maximum atomic E-state index is 5.69. The van der Waals surface area contributed by atoms with Gasteiger partial charge in [-0.05, 0) is 31.9 Å². The molecule has 20 heavy (non-hydrogen) atoms. The molecule has 0 aliphatic carbocycles. The largest absolute Gasteiger partial charge is 0.493 e. The first-order valence-corrected chi connectivity index (χ1v) is 7.11. The van der Waals surface area contributed by atoms with E-state index in [0.717, 1.165) is 37.0 Å². The highest BCUT2D eigenvalue weighted by Crippen LogP contribution is 2.33. The third kappa shape index (κ3) is 2.70. The van der Waals surface area contributed by atoms with Gasteiger partial charge < -0.3 is 14.5 Å². The first-order valence-electron chi connectivity index (χ1n) is 7.11. The Morgan fingerprint density at radius 1 is 1.40 bits per heavy atom. The molecule has 1 aliphatic rings. The minimum atomic E-state index is 0.124. The molecule has 0 radical (unpaired) electrons. The van der Waals surface area contributed by atoms with Gasteiger partial charge in [0.2, 0.25) is 5.89 Å². The minimum Gasteiger partial charge on any atom is -0.493 e. The van der Waals surface area contributed by atoms with Gasteiger partial charge in [-0.3, -0.25) is 0 Å². The summed E-state index contributed by atoms with van der Waals surface area (Å²) in [6.45, 7) is 5.69. The fraction of sp³-hybridized carbons (Fsp3) is 0.438. The van der Waals surface area contributed by atoms with Crippen LogP contribution in [0.2, 0.25) is 0 Å². The number of para-hydroxylation sites is 1. The summed E-state index contributed by atoms with van der Waals surface area (Å²) in [5.74, 6) is 3.11. The fourth-order valence-electron chi connectivity index (χ4n) is 2.61. The number of ether oxygens (including phenoxy) is 1. The number of fused-ring (bicyclic) bond motifs is 1. The summed E-state index contributed by atoms with van der Waals surface area (Å²) >= 11 is 0. The molecule has 3 rings (SSSR count). The van der Waals surface area contributed by atoms with Crippen molar-refractivity contribution in [3.05, 3.63) is 47.7 Å². The summed E-state index contributed by atoms with van der Waals surface area (Å²) in [7, 11) is 0. The van der Waals surface area contributed by atoms with Gasteiger partial charge in [0.15, 0.2) is 0 Å². The second-order valence-electron chi connectivity index (χ2n) is 5.31. The Morgan fingerprint density at radius 2 is 2.25 bits per heavy atom. The summed E-state index contributed by atoms with van der Waals surface area (Å²) in [6.07, 6.45) is 2.80. The molecule has 0 fully saturated rings. The van der Waals surface area contributed by atoms with E-state index in [1.165, 1.54) is 5.56 Å². The van der Waals surface area contributed by atoms with Crippen molar-refractivity contribution in [2.45, 2.75) is 32.2 Å². The molecule has 1 N–H and O–H groups in total. The van der Waals surface area contributed by atoms with E-state index in [2.05, 4.69) is 29.4 Å². The monoisotopic (exact) mass is 272 g/mol. The smallest absolute Gasteiger partial charge is 0.211 e. The number of rotatable bonds is 4. The summed E-state index contributed by atoms with van der Waals surface area (Å²) in [6, 6.07) is 8.41. The van der Waals surface area contributed by atoms with Crippen molar-refractivity contribution in [2.75, 3.05) is 13.2 Å². The quantitative estimate of drug-likeness (QED) is 0.928. The van der Waals surface area contributed by atoms with E-state index in [1.54, 1.807) is 6.20 Å². The maximum Gasteiger partial charge on any atom is 0.211 e. The highest BCUT2D eigenvalue weighted by atomic mass is 16.5. The van der Waals surface area contributed by atoms with Gasteiger partial charge in [0.1, 0.15) is 11.5 Å². The first-order chi connectivity index (χ1) is 9.74. The van der Waals surface area contributed by atoms with Crippen molar-refractivity contribution >= 4 is 0 Å². The van der Waals surface area contributed by atoms with Crippen molar-refractivity contribution < 1.29 is 9.15 Å². The van der Waals surface area contributed by atoms with Crippen LogP contribution in [0, 0.1) is 6.92 Å². The molecule has 0 bridgehead atoms. The number of hydrogen-bond donors (Lipinski definition) is 1. The van der Waals surface area contributed by atoms with Crippen LogP contribution in [0.1, 0.15) is 42.5 Å². The number of oxazole rings is 1. The third-order valence-electron chi connectivity index (χ3n) is 3.76. The Morgan fingerprint density at radius 3 is 3.05 bits per heavy atom. The first kappa shape index (κ1) is 13.2. The molecule has 2 heterocycles. The Hall–Kier alpha value is -1.81. The van der Waals surface area contributed by atoms with Crippen molar-refractivity contribution in [2.24, 2.45) is 0 Å². The number of nitrogens with zero attached hydrogens (tertiary/aromatic N) is 1. The normalized spacial score (nSPS) is 19.2. The molecule has 1 aromatic heterocycles. The molecule has 106 valence electrons. The summed E-state index contributed by atoms with van der Waals surface area (Å²) in [4.78, 5) is 4.27. The van der Waals surface area contributed by atoms with Gasteiger partial charge in [0.05, 0.1) is 18.8 Å². The van der Waals surface area contributed by atoms with Crippen LogP contribution in [-0.4, -0.2) is 18.1 Å². The Balaban J connectivity index is 1.65. The Bertz CT molecular complexity index is 579. The second kappa shape index (κ2) is 5.67. The zero-order valence-corrected chi connectivity index (χ0v) is 11.9. The van der Waals surface area contributed by atoms with Gasteiger partial charge in [0, 0.05) is 12.5 Å². The van der Waals surface area contributed by atoms with Gasteiger partial charge in [-0.25, -0.2) is 4.98 Å². The van der Waals surface area contributed by atoms with E-state index in [0.29, 0.717) is 5.92 Å². The molecule has 2 atom stereocenters. The van der Waals surface area contributed by atoms with Crippen LogP contribution in [-0.2, 0) is 0 Å². The molecule has 2 unspecified atom stereocenters. The lowest BCUT2D eigenvalue weighted by Gasteiger charge is -2.26. The highest BCUT2D eigenvalue weighted by molar-refractivity contribution is 5.37. The van der Waals surface area contributed by atoms with Crippen molar-refractivity contribution in [1.29, 1.82) is 0 Å². The average Bonchev–Trinajstić information content (AvgIpc) is 2.91. The summed E-state index contributed by atoms with van der Waals surface area (Å²) in [5, 5.41) is 3.51. The number of aryl methyl sites for hydroxylation is 1. The number of aromatic nitrogens is 1. The lowest BCUT2D eigenvalue weighted by Crippen LogP contribution is -2.28. The predicted molar refractivity (Wildman–Crippen MR) is 77.0 cm³/mol. The number of nitrogens with one attached hydrogen (secondary N) is 1. The van der Waals surface area contributed by atoms with E-state index in [4.69, 9.17) is 9.15 Å². The van der Waals surface area contributed by atoms with Crippen LogP contribution in [0.3, 0.4) is 0 Å². The minimum absolute atomic E-state index is 0.124. The molecule has 2 aromatic rings. The summed E-state index contributed by atoms with van der Waals surface area (Å²) in [5.41, 5.74) is 1.29. The van der Waals surface area contributed by atoms with Crippen molar-refractivity contribution in [3.8, 4) is 5.75 Å². The SMILES string of the molecule is Cc1cnc(C(C)NCC2CCOc3ccccc32)o1. The molecule has 1 aromatic carbocycles. The predicted octanol–water partition coefficient (Wildman–Crippen LogP) is 3.20. The molecule has 4 nitrogen and oxygen atoms in total. The van der Waals surface area contributed by atoms with Gasteiger partial charge >= 0.3 is 0 Å². The van der Waals surface area contributed by atoms with Crippen LogP contribution in [0.4, 0.5) is 0 Å². The molecule has 4 heteroatoms. The maximum absolute atomic E-state index is 5.69. The van der Waals surface area contributed by atoms with E-state index in [1.807, 2.05) is 19.1 Å². The number of benzene rings is 1. The lowest BCUT2D eigenvalue weighted by atomic mass is 9.93. The zero-order chi connectivity index (χ0) is 13.9. The van der Waals surface area contributed by atoms with Crippen LogP contribution < -0.4 is 10.1 Å². The standard InChI is InChI=1S/C16H20N2O2/c1-11-9-18-16(20-11)12(2)17-10-13-7-8-19-15-6-4-3-5-14(13)15/h3-6,9,12-13,17H,7-8,10H2,1-2H3. The van der Waals surface area contributed by atoms with Crippen LogP contribution in [0.25, 0.3) is 0 Å². The van der Waals surface area contributed by atoms with Crippen molar-refractivity contribution in [3.63, 3.8) is 0 Å². The van der Waals surface area contributed by atoms with Crippen LogP contribution >= 0.6 is 0 Å². The van der Waals surface area contributed by atoms with E-state index in [-0.39, 0.29) is 6.04 Å². The molecule has 0 spiro atoms. The molecule has 1 aliphatic heterocycles. The molecule has 0 saturated heterocycles. The van der Waals surface area contributed by atoms with Gasteiger partial charge in [-0.1, -0.05) is 18.2 Å². The van der Waals surface area contributed by atoms with Crippen LogP contribution in [0.15, 0.2) is 34.9 Å². The number of hydrogen-bond acceptors (Lipinski definition) is 4. The third-order valence-corrected chi connectivity index (χ3v) is 3.76.